The fourth-order valence-corrected chi connectivity index (χ4v) is 4.18. The molecule has 2 aliphatic rings. The molecule has 1 fully saturated rings. The van der Waals surface area contributed by atoms with Crippen molar-refractivity contribution in [3.8, 4) is 0 Å². The van der Waals surface area contributed by atoms with Crippen LogP contribution in [0.15, 0.2) is 6.33 Å². The molecule has 5 nitrogen and oxygen atoms in total. The van der Waals surface area contributed by atoms with Crippen molar-refractivity contribution in [2.24, 2.45) is 7.05 Å². The maximum Gasteiger partial charge on any atom is 0.135 e. The van der Waals surface area contributed by atoms with Crippen molar-refractivity contribution in [1.29, 1.82) is 0 Å². The van der Waals surface area contributed by atoms with Crippen LogP contribution in [0.5, 0.6) is 0 Å². The Labute approximate surface area is 131 Å². The Morgan fingerprint density at radius 2 is 2.00 bits per heavy atom. The van der Waals surface area contributed by atoms with Gasteiger partial charge in [0.25, 0.3) is 0 Å². The van der Waals surface area contributed by atoms with Crippen LogP contribution in [0.25, 0.3) is 0 Å². The molecule has 3 heterocycles. The van der Waals surface area contributed by atoms with Gasteiger partial charge in [0.1, 0.15) is 12.1 Å². The lowest BCUT2D eigenvalue weighted by Crippen LogP contribution is -2.26. The van der Waals surface area contributed by atoms with E-state index in [1.54, 1.807) is 6.33 Å². The second-order valence-corrected chi connectivity index (χ2v) is 6.54. The van der Waals surface area contributed by atoms with Crippen molar-refractivity contribution in [3.05, 3.63) is 34.5 Å². The van der Waals surface area contributed by atoms with Crippen LogP contribution >= 0.6 is 0 Å². The molecule has 2 aromatic rings. The largest absolute Gasteiger partial charge is 0.349 e. The molecule has 0 spiro atoms. The topological polar surface area (TPSA) is 46.8 Å². The van der Waals surface area contributed by atoms with Crippen LogP contribution in [0, 0.1) is 13.8 Å². The van der Waals surface area contributed by atoms with Crippen molar-refractivity contribution in [1.82, 2.24) is 19.7 Å². The number of nitrogens with zero attached hydrogens (tertiary/aromatic N) is 5. The van der Waals surface area contributed by atoms with Gasteiger partial charge in [-0.1, -0.05) is 0 Å². The lowest BCUT2D eigenvalue weighted by Gasteiger charge is -2.28. The van der Waals surface area contributed by atoms with Crippen molar-refractivity contribution in [3.63, 3.8) is 0 Å². The highest BCUT2D eigenvalue weighted by Gasteiger charge is 2.33. The lowest BCUT2D eigenvalue weighted by atomic mass is 10.0. The molecule has 1 atom stereocenters. The Hall–Kier alpha value is -1.91. The minimum atomic E-state index is 0.410. The Morgan fingerprint density at radius 3 is 2.77 bits per heavy atom. The standard InChI is InChI=1S/C17H23N5/c1-11-16(12(2)21(3)20-11)15-8-5-9-22(15)17-13-6-4-7-14(13)18-10-19-17/h10,15H,4-9H2,1-3H3/t15-/m1/s1. The average molecular weight is 297 g/mol. The van der Waals surface area contributed by atoms with Gasteiger partial charge in [0.2, 0.25) is 0 Å². The Bertz CT molecular complexity index is 718. The van der Waals surface area contributed by atoms with Crippen LogP contribution < -0.4 is 4.90 Å². The number of rotatable bonds is 2. The monoisotopic (exact) mass is 297 g/mol. The molecule has 0 radical (unpaired) electrons. The summed E-state index contributed by atoms with van der Waals surface area (Å²) < 4.78 is 2.01. The van der Waals surface area contributed by atoms with Gasteiger partial charge in [0, 0.05) is 36.1 Å². The molecule has 0 saturated carbocycles. The van der Waals surface area contributed by atoms with Gasteiger partial charge in [-0.3, -0.25) is 4.68 Å². The number of fused-ring (bicyclic) bond motifs is 1. The molecular formula is C17H23N5. The third-order valence-corrected chi connectivity index (χ3v) is 5.28. The minimum Gasteiger partial charge on any atom is -0.349 e. The Kier molecular flexibility index (Phi) is 3.17. The number of aryl methyl sites for hydroxylation is 3. The SMILES string of the molecule is Cc1nn(C)c(C)c1[C@H]1CCCN1c1ncnc2c1CCC2. The van der Waals surface area contributed by atoms with Crippen LogP contribution in [0.1, 0.15) is 53.5 Å². The predicted molar refractivity (Wildman–Crippen MR) is 86.1 cm³/mol. The van der Waals surface area contributed by atoms with E-state index in [1.807, 2.05) is 11.7 Å². The second kappa shape index (κ2) is 5.07. The van der Waals surface area contributed by atoms with Crippen molar-refractivity contribution >= 4 is 5.82 Å². The van der Waals surface area contributed by atoms with Gasteiger partial charge in [-0.05, 0) is 46.0 Å². The predicted octanol–water partition coefficient (Wildman–Crippen LogP) is 2.66. The van der Waals surface area contributed by atoms with E-state index in [-0.39, 0.29) is 0 Å². The first-order chi connectivity index (χ1) is 10.7. The first kappa shape index (κ1) is 13.7. The maximum atomic E-state index is 4.66. The van der Waals surface area contributed by atoms with Crippen LogP contribution in [0.3, 0.4) is 0 Å². The normalized spacial score (nSPS) is 20.7. The molecule has 0 unspecified atom stereocenters. The molecule has 0 N–H and O–H groups in total. The zero-order valence-corrected chi connectivity index (χ0v) is 13.6. The highest BCUT2D eigenvalue weighted by Crippen LogP contribution is 2.40. The van der Waals surface area contributed by atoms with E-state index in [0.717, 1.165) is 25.1 Å². The molecule has 2 aromatic heterocycles. The summed E-state index contributed by atoms with van der Waals surface area (Å²) in [6, 6.07) is 0.410. The van der Waals surface area contributed by atoms with Crippen LogP contribution in [-0.4, -0.2) is 26.3 Å². The van der Waals surface area contributed by atoms with E-state index in [4.69, 9.17) is 0 Å². The van der Waals surface area contributed by atoms with Gasteiger partial charge in [0.05, 0.1) is 11.7 Å². The first-order valence-electron chi connectivity index (χ1n) is 8.26. The summed E-state index contributed by atoms with van der Waals surface area (Å²) >= 11 is 0. The molecule has 4 rings (SSSR count). The third-order valence-electron chi connectivity index (χ3n) is 5.28. The van der Waals surface area contributed by atoms with E-state index >= 15 is 0 Å². The smallest absolute Gasteiger partial charge is 0.135 e. The maximum absolute atomic E-state index is 4.66. The second-order valence-electron chi connectivity index (χ2n) is 6.54. The fraction of sp³-hybridized carbons (Fsp3) is 0.588. The van der Waals surface area contributed by atoms with Crippen molar-refractivity contribution in [2.45, 2.75) is 52.0 Å². The molecule has 5 heteroatoms. The summed E-state index contributed by atoms with van der Waals surface area (Å²) in [5.41, 5.74) is 6.47. The van der Waals surface area contributed by atoms with E-state index in [2.05, 4.69) is 33.8 Å². The zero-order valence-electron chi connectivity index (χ0n) is 13.6. The summed E-state index contributed by atoms with van der Waals surface area (Å²) in [7, 11) is 2.04. The quantitative estimate of drug-likeness (QED) is 0.855. The van der Waals surface area contributed by atoms with E-state index in [0.29, 0.717) is 6.04 Å². The van der Waals surface area contributed by atoms with Crippen LogP contribution in [0.2, 0.25) is 0 Å². The van der Waals surface area contributed by atoms with Crippen LogP contribution in [0.4, 0.5) is 5.82 Å². The number of anilines is 1. The summed E-state index contributed by atoms with van der Waals surface area (Å²) in [4.78, 5) is 11.6. The number of hydrogen-bond donors (Lipinski definition) is 0. The Balaban J connectivity index is 1.78. The molecule has 1 aliphatic carbocycles. The molecule has 116 valence electrons. The number of hydrogen-bond acceptors (Lipinski definition) is 4. The average Bonchev–Trinajstić information content (AvgIpc) is 3.19. The third kappa shape index (κ3) is 1.95. The van der Waals surface area contributed by atoms with Crippen molar-refractivity contribution in [2.75, 3.05) is 11.4 Å². The zero-order chi connectivity index (χ0) is 15.3. The minimum absolute atomic E-state index is 0.410. The van der Waals surface area contributed by atoms with Gasteiger partial charge in [0.15, 0.2) is 0 Å². The van der Waals surface area contributed by atoms with Crippen LogP contribution in [-0.2, 0) is 19.9 Å². The molecule has 0 bridgehead atoms. The van der Waals surface area contributed by atoms with Gasteiger partial charge < -0.3 is 4.90 Å². The molecule has 1 aliphatic heterocycles. The van der Waals surface area contributed by atoms with Gasteiger partial charge in [-0.25, -0.2) is 9.97 Å². The summed E-state index contributed by atoms with van der Waals surface area (Å²) in [5.74, 6) is 1.17. The van der Waals surface area contributed by atoms with E-state index in [9.17, 15) is 0 Å². The van der Waals surface area contributed by atoms with Crippen molar-refractivity contribution < 1.29 is 0 Å². The Morgan fingerprint density at radius 1 is 1.14 bits per heavy atom. The first-order valence-corrected chi connectivity index (χ1v) is 8.26. The summed E-state index contributed by atoms with van der Waals surface area (Å²) in [5, 5.41) is 4.61. The van der Waals surface area contributed by atoms with E-state index < -0.39 is 0 Å². The molecular weight excluding hydrogens is 274 g/mol. The van der Waals surface area contributed by atoms with Gasteiger partial charge >= 0.3 is 0 Å². The number of aromatic nitrogens is 4. The van der Waals surface area contributed by atoms with E-state index in [1.165, 1.54) is 47.6 Å². The highest BCUT2D eigenvalue weighted by molar-refractivity contribution is 5.54. The summed E-state index contributed by atoms with van der Waals surface area (Å²) in [6.45, 7) is 5.39. The van der Waals surface area contributed by atoms with Gasteiger partial charge in [-0.15, -0.1) is 0 Å². The molecule has 0 aromatic carbocycles. The lowest BCUT2D eigenvalue weighted by molar-refractivity contribution is 0.690. The molecule has 1 saturated heterocycles. The highest BCUT2D eigenvalue weighted by atomic mass is 15.3. The molecule has 0 amide bonds. The molecule has 22 heavy (non-hydrogen) atoms. The van der Waals surface area contributed by atoms with Gasteiger partial charge in [-0.2, -0.15) is 5.10 Å². The fourth-order valence-electron chi connectivity index (χ4n) is 4.18. The summed E-state index contributed by atoms with van der Waals surface area (Å²) in [6.07, 6.45) is 7.60.